The van der Waals surface area contributed by atoms with Gasteiger partial charge in [0.15, 0.2) is 0 Å². The Kier molecular flexibility index (Phi) is 3.66. The van der Waals surface area contributed by atoms with E-state index in [1.54, 1.807) is 11.1 Å². The molecule has 1 nitrogen and oxygen atoms in total. The zero-order chi connectivity index (χ0) is 14.3. The van der Waals surface area contributed by atoms with E-state index in [1.165, 1.54) is 25.7 Å². The van der Waals surface area contributed by atoms with Crippen LogP contribution < -0.4 is 5.32 Å². The lowest BCUT2D eigenvalue weighted by atomic mass is 9.85. The topological polar surface area (TPSA) is 12.0 Å². The van der Waals surface area contributed by atoms with Gasteiger partial charge < -0.3 is 5.32 Å². The van der Waals surface area contributed by atoms with Crippen LogP contribution in [-0.2, 0) is 12.8 Å². The molecule has 1 aromatic carbocycles. The molecule has 0 heterocycles. The molecule has 0 amide bonds. The average Bonchev–Trinajstić information content (AvgIpc) is 2.64. The van der Waals surface area contributed by atoms with Crippen LogP contribution in [0.15, 0.2) is 24.3 Å². The number of rotatable bonds is 2. The number of fused-ring (bicyclic) bond motifs is 3. The van der Waals surface area contributed by atoms with Crippen molar-refractivity contribution >= 4 is 0 Å². The van der Waals surface area contributed by atoms with Crippen molar-refractivity contribution in [1.29, 1.82) is 0 Å². The lowest BCUT2D eigenvalue weighted by Gasteiger charge is -2.35. The minimum Gasteiger partial charge on any atom is -0.310 e. The average molecular weight is 271 g/mol. The molecule has 2 aliphatic rings. The minimum absolute atomic E-state index is 0.346. The number of benzene rings is 1. The van der Waals surface area contributed by atoms with Gasteiger partial charge in [0.25, 0.3) is 0 Å². The Morgan fingerprint density at radius 3 is 1.95 bits per heavy atom. The van der Waals surface area contributed by atoms with Crippen LogP contribution in [0.1, 0.15) is 51.7 Å². The summed E-state index contributed by atoms with van der Waals surface area (Å²) in [5.74, 6) is 1.68. The van der Waals surface area contributed by atoms with E-state index < -0.39 is 0 Å². The predicted octanol–water partition coefficient (Wildman–Crippen LogP) is 4.20. The van der Waals surface area contributed by atoms with Crippen LogP contribution in [-0.4, -0.2) is 12.1 Å². The molecule has 3 unspecified atom stereocenters. The van der Waals surface area contributed by atoms with Crippen molar-refractivity contribution in [2.75, 3.05) is 0 Å². The summed E-state index contributed by atoms with van der Waals surface area (Å²) in [6.07, 6.45) is 5.38. The Morgan fingerprint density at radius 1 is 1.00 bits per heavy atom. The molecule has 2 bridgehead atoms. The Morgan fingerprint density at radius 2 is 1.50 bits per heavy atom. The molecule has 1 aromatic rings. The van der Waals surface area contributed by atoms with Crippen LogP contribution in [0.4, 0.5) is 0 Å². The molecular weight excluding hydrogens is 242 g/mol. The number of hydrogen-bond donors (Lipinski definition) is 1. The molecule has 0 aliphatic heterocycles. The first-order valence-electron chi connectivity index (χ1n) is 8.28. The fourth-order valence-corrected chi connectivity index (χ4v) is 3.96. The van der Waals surface area contributed by atoms with E-state index in [1.807, 2.05) is 0 Å². The van der Waals surface area contributed by atoms with Gasteiger partial charge in [-0.05, 0) is 61.0 Å². The van der Waals surface area contributed by atoms with E-state index in [4.69, 9.17) is 0 Å². The second kappa shape index (κ2) is 5.18. The summed E-state index contributed by atoms with van der Waals surface area (Å²) in [6.45, 7) is 9.39. The van der Waals surface area contributed by atoms with Crippen LogP contribution in [0.3, 0.4) is 0 Å². The highest BCUT2D eigenvalue weighted by Crippen LogP contribution is 2.40. The highest BCUT2D eigenvalue weighted by molar-refractivity contribution is 5.30. The third kappa shape index (κ3) is 2.65. The molecule has 0 aromatic heterocycles. The Hall–Kier alpha value is -0.820. The van der Waals surface area contributed by atoms with Gasteiger partial charge in [-0.25, -0.2) is 0 Å². The smallest absolute Gasteiger partial charge is 0.0133 e. The monoisotopic (exact) mass is 271 g/mol. The predicted molar refractivity (Wildman–Crippen MR) is 85.9 cm³/mol. The largest absolute Gasteiger partial charge is 0.310 e. The molecule has 0 saturated heterocycles. The molecule has 1 fully saturated rings. The first-order chi connectivity index (χ1) is 9.45. The van der Waals surface area contributed by atoms with Crippen molar-refractivity contribution < 1.29 is 0 Å². The van der Waals surface area contributed by atoms with Gasteiger partial charge in [0, 0.05) is 12.1 Å². The fraction of sp³-hybridized carbons (Fsp3) is 0.684. The van der Waals surface area contributed by atoms with Crippen LogP contribution in [0.2, 0.25) is 0 Å². The van der Waals surface area contributed by atoms with E-state index in [2.05, 4.69) is 57.3 Å². The van der Waals surface area contributed by atoms with E-state index in [0.29, 0.717) is 11.5 Å². The van der Waals surface area contributed by atoms with E-state index >= 15 is 0 Å². The first-order valence-corrected chi connectivity index (χ1v) is 8.28. The van der Waals surface area contributed by atoms with Crippen molar-refractivity contribution in [2.45, 2.75) is 65.5 Å². The van der Waals surface area contributed by atoms with E-state index in [-0.39, 0.29) is 0 Å². The molecular formula is C19H29N. The summed E-state index contributed by atoms with van der Waals surface area (Å²) in [5, 5.41) is 4.00. The summed E-state index contributed by atoms with van der Waals surface area (Å²) in [4.78, 5) is 0. The second-order valence-corrected chi connectivity index (χ2v) is 8.05. The summed E-state index contributed by atoms with van der Waals surface area (Å²) in [5.41, 5.74) is 3.56. The summed E-state index contributed by atoms with van der Waals surface area (Å²) in [6, 6.07) is 10.4. The molecule has 3 atom stereocenters. The van der Waals surface area contributed by atoms with Gasteiger partial charge in [0.05, 0.1) is 0 Å². The fourth-order valence-electron chi connectivity index (χ4n) is 3.96. The van der Waals surface area contributed by atoms with Crippen molar-refractivity contribution in [3.05, 3.63) is 35.4 Å². The van der Waals surface area contributed by atoms with Gasteiger partial charge in [-0.2, -0.15) is 0 Å². The van der Waals surface area contributed by atoms with E-state index in [0.717, 1.165) is 17.9 Å². The number of hydrogen-bond acceptors (Lipinski definition) is 1. The molecule has 1 heteroatoms. The molecule has 2 aliphatic carbocycles. The maximum absolute atomic E-state index is 4.00. The third-order valence-corrected chi connectivity index (χ3v) is 5.75. The standard InChI is InChI=1S/C19H29N/c1-13(19(2,3)4)20-18-16-9-10-17(18)12-15-8-6-5-7-14(15)11-16/h5-8,13,16-18,20H,9-12H2,1-4H3. The Balaban J connectivity index is 1.79. The zero-order valence-electron chi connectivity index (χ0n) is 13.4. The van der Waals surface area contributed by atoms with Gasteiger partial charge in [-0.15, -0.1) is 0 Å². The molecule has 0 radical (unpaired) electrons. The van der Waals surface area contributed by atoms with Crippen LogP contribution in [0.25, 0.3) is 0 Å². The lowest BCUT2D eigenvalue weighted by Crippen LogP contribution is -2.48. The highest BCUT2D eigenvalue weighted by atomic mass is 15.0. The molecule has 3 rings (SSSR count). The molecule has 110 valence electrons. The maximum Gasteiger partial charge on any atom is 0.0133 e. The maximum atomic E-state index is 4.00. The summed E-state index contributed by atoms with van der Waals surface area (Å²) in [7, 11) is 0. The zero-order valence-corrected chi connectivity index (χ0v) is 13.4. The molecule has 1 saturated carbocycles. The number of nitrogens with one attached hydrogen (secondary N) is 1. The summed E-state index contributed by atoms with van der Waals surface area (Å²) >= 11 is 0. The van der Waals surface area contributed by atoms with Crippen LogP contribution in [0, 0.1) is 17.3 Å². The van der Waals surface area contributed by atoms with E-state index in [9.17, 15) is 0 Å². The first kappa shape index (κ1) is 14.1. The van der Waals surface area contributed by atoms with Crippen molar-refractivity contribution in [3.63, 3.8) is 0 Å². The molecule has 1 N–H and O–H groups in total. The molecule has 0 spiro atoms. The van der Waals surface area contributed by atoms with Crippen molar-refractivity contribution in [3.8, 4) is 0 Å². The van der Waals surface area contributed by atoms with Crippen molar-refractivity contribution in [1.82, 2.24) is 5.32 Å². The molecule has 20 heavy (non-hydrogen) atoms. The van der Waals surface area contributed by atoms with Gasteiger partial charge in [0.2, 0.25) is 0 Å². The van der Waals surface area contributed by atoms with Crippen molar-refractivity contribution in [2.24, 2.45) is 17.3 Å². The van der Waals surface area contributed by atoms with Crippen LogP contribution in [0.5, 0.6) is 0 Å². The van der Waals surface area contributed by atoms with Gasteiger partial charge >= 0.3 is 0 Å². The van der Waals surface area contributed by atoms with Gasteiger partial charge in [-0.1, -0.05) is 45.0 Å². The lowest BCUT2D eigenvalue weighted by molar-refractivity contribution is 0.221. The Labute approximate surface area is 124 Å². The van der Waals surface area contributed by atoms with Gasteiger partial charge in [0.1, 0.15) is 0 Å². The Bertz CT molecular complexity index is 438. The SMILES string of the molecule is CC(NC1C2CCC1Cc1ccccc1C2)C(C)(C)C. The second-order valence-electron chi connectivity index (χ2n) is 8.05. The highest BCUT2D eigenvalue weighted by Gasteiger charge is 2.40. The quantitative estimate of drug-likeness (QED) is 0.850. The minimum atomic E-state index is 0.346. The van der Waals surface area contributed by atoms with Crippen LogP contribution >= 0.6 is 0 Å². The third-order valence-electron chi connectivity index (χ3n) is 5.75. The van der Waals surface area contributed by atoms with Gasteiger partial charge in [-0.3, -0.25) is 0 Å². The normalized spacial score (nSPS) is 30.7. The summed E-state index contributed by atoms with van der Waals surface area (Å²) < 4.78 is 0.